The molecule has 1 unspecified atom stereocenters. The van der Waals surface area contributed by atoms with Gasteiger partial charge in [-0.15, -0.1) is 0 Å². The van der Waals surface area contributed by atoms with Gasteiger partial charge in [0, 0.05) is 0 Å². The summed E-state index contributed by atoms with van der Waals surface area (Å²) in [6.07, 6.45) is 2.14. The van der Waals surface area contributed by atoms with E-state index in [1.54, 1.807) is 7.11 Å². The fourth-order valence-corrected chi connectivity index (χ4v) is 2.59. The van der Waals surface area contributed by atoms with Crippen LogP contribution in [0.3, 0.4) is 0 Å². The van der Waals surface area contributed by atoms with Gasteiger partial charge in [0.1, 0.15) is 5.75 Å². The van der Waals surface area contributed by atoms with Crippen molar-refractivity contribution in [2.75, 3.05) is 7.11 Å². The van der Waals surface area contributed by atoms with Crippen LogP contribution in [0.4, 0.5) is 0 Å². The van der Waals surface area contributed by atoms with Crippen molar-refractivity contribution in [3.05, 3.63) is 28.8 Å². The third kappa shape index (κ3) is 1.77. The normalized spacial score (nSPS) is 18.2. The van der Waals surface area contributed by atoms with Crippen molar-refractivity contribution in [2.24, 2.45) is 0 Å². The average Bonchev–Trinajstić information content (AvgIpc) is 2.62. The number of rotatable bonds is 3. The molecule has 86 valence electrons. The summed E-state index contributed by atoms with van der Waals surface area (Å²) in [6, 6.07) is 3.95. The molecule has 2 rings (SSSR count). The summed E-state index contributed by atoms with van der Waals surface area (Å²) >= 11 is 0. The number of benzene rings is 1. The maximum absolute atomic E-state index is 10.7. The Kier molecular flexibility index (Phi) is 2.86. The Bertz CT molecular complexity index is 423. The SMILES string of the molecule is COc1ccc2c(c1C)CCC2CC(=O)O. The molecule has 1 aliphatic carbocycles. The van der Waals surface area contributed by atoms with Crippen molar-refractivity contribution >= 4 is 5.97 Å². The standard InChI is InChI=1S/C13H16O3/c1-8-10-4-3-9(7-13(14)15)11(10)5-6-12(8)16-2/h5-6,9H,3-4,7H2,1-2H3,(H,14,15). The van der Waals surface area contributed by atoms with E-state index in [9.17, 15) is 4.79 Å². The van der Waals surface area contributed by atoms with Gasteiger partial charge in [0.15, 0.2) is 0 Å². The lowest BCUT2D eigenvalue weighted by Gasteiger charge is -2.12. The second kappa shape index (κ2) is 4.16. The smallest absolute Gasteiger partial charge is 0.303 e. The molecule has 0 saturated carbocycles. The monoisotopic (exact) mass is 220 g/mol. The summed E-state index contributed by atoms with van der Waals surface area (Å²) in [6.45, 7) is 2.04. The molecule has 0 aliphatic heterocycles. The number of methoxy groups -OCH3 is 1. The zero-order valence-electron chi connectivity index (χ0n) is 9.62. The summed E-state index contributed by atoms with van der Waals surface area (Å²) in [5, 5.41) is 8.84. The lowest BCUT2D eigenvalue weighted by atomic mass is 9.96. The molecule has 0 saturated heterocycles. The molecular formula is C13H16O3. The molecule has 3 heteroatoms. The first-order chi connectivity index (χ1) is 7.63. The number of fused-ring (bicyclic) bond motifs is 1. The van der Waals surface area contributed by atoms with Crippen molar-refractivity contribution in [1.29, 1.82) is 0 Å². The van der Waals surface area contributed by atoms with Gasteiger partial charge in [-0.1, -0.05) is 6.07 Å². The molecule has 1 aliphatic rings. The van der Waals surface area contributed by atoms with Gasteiger partial charge >= 0.3 is 5.97 Å². The van der Waals surface area contributed by atoms with Gasteiger partial charge in [-0.3, -0.25) is 4.79 Å². The van der Waals surface area contributed by atoms with Crippen molar-refractivity contribution < 1.29 is 14.6 Å². The molecule has 0 amide bonds. The Balaban J connectivity index is 2.35. The minimum Gasteiger partial charge on any atom is -0.496 e. The van der Waals surface area contributed by atoms with E-state index < -0.39 is 5.97 Å². The minimum absolute atomic E-state index is 0.178. The second-order valence-electron chi connectivity index (χ2n) is 4.29. The highest BCUT2D eigenvalue weighted by Crippen LogP contribution is 2.39. The minimum atomic E-state index is -0.716. The van der Waals surface area contributed by atoms with E-state index in [0.717, 1.165) is 24.2 Å². The van der Waals surface area contributed by atoms with Crippen LogP contribution in [0.15, 0.2) is 12.1 Å². The number of carboxylic acids is 1. The molecule has 1 aromatic carbocycles. The van der Waals surface area contributed by atoms with Crippen LogP contribution in [0, 0.1) is 6.92 Å². The highest BCUT2D eigenvalue weighted by atomic mass is 16.5. The van der Waals surface area contributed by atoms with Gasteiger partial charge in [-0.05, 0) is 48.4 Å². The Morgan fingerprint density at radius 1 is 1.56 bits per heavy atom. The van der Waals surface area contributed by atoms with Crippen LogP contribution in [-0.2, 0) is 11.2 Å². The van der Waals surface area contributed by atoms with Gasteiger partial charge in [0.25, 0.3) is 0 Å². The Morgan fingerprint density at radius 3 is 2.94 bits per heavy atom. The Labute approximate surface area is 95.0 Å². The molecular weight excluding hydrogens is 204 g/mol. The van der Waals surface area contributed by atoms with Gasteiger partial charge < -0.3 is 9.84 Å². The van der Waals surface area contributed by atoms with E-state index in [0.29, 0.717) is 0 Å². The van der Waals surface area contributed by atoms with Crippen LogP contribution in [0.25, 0.3) is 0 Å². The number of hydrogen-bond donors (Lipinski definition) is 1. The second-order valence-corrected chi connectivity index (χ2v) is 4.29. The third-order valence-electron chi connectivity index (χ3n) is 3.41. The van der Waals surface area contributed by atoms with E-state index in [1.165, 1.54) is 11.1 Å². The lowest BCUT2D eigenvalue weighted by Crippen LogP contribution is -2.03. The molecule has 0 fully saturated rings. The van der Waals surface area contributed by atoms with E-state index in [1.807, 2.05) is 19.1 Å². The molecule has 16 heavy (non-hydrogen) atoms. The predicted octanol–water partition coefficient (Wildman–Crippen LogP) is 2.51. The van der Waals surface area contributed by atoms with Crippen LogP contribution in [0.5, 0.6) is 5.75 Å². The molecule has 3 nitrogen and oxygen atoms in total. The largest absolute Gasteiger partial charge is 0.496 e. The maximum atomic E-state index is 10.7. The molecule has 0 radical (unpaired) electrons. The summed E-state index contributed by atoms with van der Waals surface area (Å²) in [5.74, 6) is 0.359. The van der Waals surface area contributed by atoms with Crippen LogP contribution >= 0.6 is 0 Å². The Hall–Kier alpha value is -1.51. The molecule has 1 N–H and O–H groups in total. The van der Waals surface area contributed by atoms with E-state index in [4.69, 9.17) is 9.84 Å². The number of hydrogen-bond acceptors (Lipinski definition) is 2. The third-order valence-corrected chi connectivity index (χ3v) is 3.41. The Morgan fingerprint density at radius 2 is 2.31 bits per heavy atom. The average molecular weight is 220 g/mol. The van der Waals surface area contributed by atoms with Crippen LogP contribution in [0.2, 0.25) is 0 Å². The molecule has 1 atom stereocenters. The zero-order chi connectivity index (χ0) is 11.7. The first kappa shape index (κ1) is 11.0. The topological polar surface area (TPSA) is 46.5 Å². The highest BCUT2D eigenvalue weighted by molar-refractivity contribution is 5.68. The summed E-state index contributed by atoms with van der Waals surface area (Å²) in [7, 11) is 1.67. The fraction of sp³-hybridized carbons (Fsp3) is 0.462. The quantitative estimate of drug-likeness (QED) is 0.851. The number of aliphatic carboxylic acids is 1. The van der Waals surface area contributed by atoms with Crippen molar-refractivity contribution in [3.8, 4) is 5.75 Å². The number of carbonyl (C=O) groups is 1. The van der Waals surface area contributed by atoms with Crippen molar-refractivity contribution in [2.45, 2.75) is 32.1 Å². The van der Waals surface area contributed by atoms with Gasteiger partial charge in [-0.2, -0.15) is 0 Å². The maximum Gasteiger partial charge on any atom is 0.303 e. The summed E-state index contributed by atoms with van der Waals surface area (Å²) in [5.41, 5.74) is 3.64. The zero-order valence-corrected chi connectivity index (χ0v) is 9.62. The first-order valence-corrected chi connectivity index (χ1v) is 5.51. The van der Waals surface area contributed by atoms with Gasteiger partial charge in [0.2, 0.25) is 0 Å². The summed E-state index contributed by atoms with van der Waals surface area (Å²) < 4.78 is 5.27. The van der Waals surface area contributed by atoms with E-state index in [-0.39, 0.29) is 12.3 Å². The first-order valence-electron chi connectivity index (χ1n) is 5.51. The highest BCUT2D eigenvalue weighted by Gasteiger charge is 2.26. The lowest BCUT2D eigenvalue weighted by molar-refractivity contribution is -0.137. The summed E-state index contributed by atoms with van der Waals surface area (Å²) in [4.78, 5) is 10.7. The van der Waals surface area contributed by atoms with E-state index in [2.05, 4.69) is 0 Å². The molecule has 0 heterocycles. The van der Waals surface area contributed by atoms with Gasteiger partial charge in [-0.25, -0.2) is 0 Å². The molecule has 0 spiro atoms. The van der Waals surface area contributed by atoms with Crippen molar-refractivity contribution in [3.63, 3.8) is 0 Å². The van der Waals surface area contributed by atoms with E-state index >= 15 is 0 Å². The number of ether oxygens (including phenoxy) is 1. The predicted molar refractivity (Wildman–Crippen MR) is 61.0 cm³/mol. The van der Waals surface area contributed by atoms with Crippen LogP contribution < -0.4 is 4.74 Å². The van der Waals surface area contributed by atoms with Crippen molar-refractivity contribution in [1.82, 2.24) is 0 Å². The molecule has 0 bridgehead atoms. The van der Waals surface area contributed by atoms with Gasteiger partial charge in [0.05, 0.1) is 13.5 Å². The van der Waals surface area contributed by atoms with Crippen LogP contribution in [0.1, 0.15) is 35.4 Å². The molecule has 0 aromatic heterocycles. The molecule has 1 aromatic rings. The number of carboxylic acid groups (broad SMARTS) is 1. The fourth-order valence-electron chi connectivity index (χ4n) is 2.59. The van der Waals surface area contributed by atoms with Crippen LogP contribution in [-0.4, -0.2) is 18.2 Å².